The van der Waals surface area contributed by atoms with Gasteiger partial charge in [0.2, 0.25) is 0 Å². The molecule has 0 atom stereocenters. The summed E-state index contributed by atoms with van der Waals surface area (Å²) in [5.41, 5.74) is 2.53. The van der Waals surface area contributed by atoms with E-state index in [1.54, 1.807) is 7.11 Å². The van der Waals surface area contributed by atoms with Gasteiger partial charge in [-0.15, -0.1) is 0 Å². The van der Waals surface area contributed by atoms with Crippen LogP contribution in [0.1, 0.15) is 17.5 Å². The molecule has 0 saturated heterocycles. The first-order valence-corrected chi connectivity index (χ1v) is 4.39. The molecule has 0 radical (unpaired) electrons. The zero-order chi connectivity index (χ0) is 9.68. The van der Waals surface area contributed by atoms with Crippen molar-refractivity contribution >= 4 is 5.90 Å². The summed E-state index contributed by atoms with van der Waals surface area (Å²) in [5, 5.41) is 7.32. The molecule has 0 bridgehead atoms. The SMILES string of the molecule is COC(=N)CCc1cccc(C)c1. The van der Waals surface area contributed by atoms with Gasteiger partial charge in [0.15, 0.2) is 5.90 Å². The lowest BCUT2D eigenvalue weighted by Gasteiger charge is -2.03. The van der Waals surface area contributed by atoms with Crippen LogP contribution in [0.4, 0.5) is 0 Å². The second-order valence-electron chi connectivity index (χ2n) is 3.12. The van der Waals surface area contributed by atoms with E-state index < -0.39 is 0 Å². The van der Waals surface area contributed by atoms with E-state index in [4.69, 9.17) is 10.1 Å². The maximum absolute atomic E-state index is 7.32. The molecule has 0 aliphatic rings. The normalized spacial score (nSPS) is 9.69. The van der Waals surface area contributed by atoms with Gasteiger partial charge < -0.3 is 4.74 Å². The lowest BCUT2D eigenvalue weighted by atomic mass is 10.1. The van der Waals surface area contributed by atoms with Crippen LogP contribution in [-0.2, 0) is 11.2 Å². The summed E-state index contributed by atoms with van der Waals surface area (Å²) in [6, 6.07) is 8.34. The quantitative estimate of drug-likeness (QED) is 0.558. The molecule has 13 heavy (non-hydrogen) atoms. The van der Waals surface area contributed by atoms with Crippen molar-refractivity contribution in [3.63, 3.8) is 0 Å². The molecule has 1 aromatic carbocycles. The molecular weight excluding hydrogens is 162 g/mol. The van der Waals surface area contributed by atoms with E-state index >= 15 is 0 Å². The van der Waals surface area contributed by atoms with Crippen LogP contribution in [0.25, 0.3) is 0 Å². The predicted molar refractivity (Wildman–Crippen MR) is 54.2 cm³/mol. The number of ether oxygens (including phenoxy) is 1. The van der Waals surface area contributed by atoms with E-state index in [2.05, 4.69) is 25.1 Å². The Kier molecular flexibility index (Phi) is 3.50. The van der Waals surface area contributed by atoms with Gasteiger partial charge in [-0.05, 0) is 18.9 Å². The van der Waals surface area contributed by atoms with E-state index in [-0.39, 0.29) is 0 Å². The van der Waals surface area contributed by atoms with Gasteiger partial charge in [-0.25, -0.2) is 0 Å². The van der Waals surface area contributed by atoms with E-state index in [0.717, 1.165) is 6.42 Å². The van der Waals surface area contributed by atoms with Crippen LogP contribution < -0.4 is 0 Å². The molecule has 0 spiro atoms. The number of rotatable bonds is 3. The largest absolute Gasteiger partial charge is 0.484 e. The molecule has 1 N–H and O–H groups in total. The smallest absolute Gasteiger partial charge is 0.180 e. The Bertz CT molecular complexity index is 294. The average Bonchev–Trinajstić information content (AvgIpc) is 2.14. The average molecular weight is 177 g/mol. The monoisotopic (exact) mass is 177 g/mol. The summed E-state index contributed by atoms with van der Waals surface area (Å²) in [7, 11) is 1.54. The minimum Gasteiger partial charge on any atom is -0.484 e. The summed E-state index contributed by atoms with van der Waals surface area (Å²) >= 11 is 0. The molecule has 2 nitrogen and oxygen atoms in total. The second-order valence-corrected chi connectivity index (χ2v) is 3.12. The summed E-state index contributed by atoms with van der Waals surface area (Å²) in [6.45, 7) is 2.07. The van der Waals surface area contributed by atoms with Gasteiger partial charge in [-0.3, -0.25) is 5.41 Å². The van der Waals surface area contributed by atoms with E-state index in [0.29, 0.717) is 12.3 Å². The van der Waals surface area contributed by atoms with Crippen molar-refractivity contribution in [2.75, 3.05) is 7.11 Å². The Morgan fingerprint density at radius 3 is 2.85 bits per heavy atom. The number of benzene rings is 1. The third-order valence-electron chi connectivity index (χ3n) is 1.97. The Labute approximate surface area is 79.1 Å². The first-order valence-electron chi connectivity index (χ1n) is 4.39. The molecule has 1 aromatic rings. The lowest BCUT2D eigenvalue weighted by Crippen LogP contribution is -2.00. The van der Waals surface area contributed by atoms with Gasteiger partial charge in [0, 0.05) is 6.42 Å². The van der Waals surface area contributed by atoms with Gasteiger partial charge in [0.25, 0.3) is 0 Å². The van der Waals surface area contributed by atoms with E-state index in [1.807, 2.05) is 6.07 Å². The molecule has 2 heteroatoms. The van der Waals surface area contributed by atoms with Gasteiger partial charge >= 0.3 is 0 Å². The molecule has 0 heterocycles. The van der Waals surface area contributed by atoms with E-state index in [9.17, 15) is 0 Å². The zero-order valence-electron chi connectivity index (χ0n) is 8.13. The highest BCUT2D eigenvalue weighted by atomic mass is 16.5. The fourth-order valence-electron chi connectivity index (χ4n) is 1.23. The standard InChI is InChI=1S/C11H15NO/c1-9-4-3-5-10(8-9)6-7-11(12)13-2/h3-5,8,12H,6-7H2,1-2H3. The Balaban J connectivity index is 2.50. The van der Waals surface area contributed by atoms with Crippen LogP contribution in [0.15, 0.2) is 24.3 Å². The third kappa shape index (κ3) is 3.28. The van der Waals surface area contributed by atoms with Crippen LogP contribution >= 0.6 is 0 Å². The highest BCUT2D eigenvalue weighted by Gasteiger charge is 1.97. The molecule has 0 unspecified atom stereocenters. The third-order valence-corrected chi connectivity index (χ3v) is 1.97. The molecule has 0 amide bonds. The number of hydrogen-bond acceptors (Lipinski definition) is 2. The van der Waals surface area contributed by atoms with Gasteiger partial charge in [-0.2, -0.15) is 0 Å². The fourth-order valence-corrected chi connectivity index (χ4v) is 1.23. The van der Waals surface area contributed by atoms with Crippen LogP contribution in [0.5, 0.6) is 0 Å². The van der Waals surface area contributed by atoms with Crippen molar-refractivity contribution < 1.29 is 4.74 Å². The number of methoxy groups -OCH3 is 1. The Morgan fingerprint density at radius 1 is 1.46 bits per heavy atom. The maximum Gasteiger partial charge on any atom is 0.180 e. The fraction of sp³-hybridized carbons (Fsp3) is 0.364. The topological polar surface area (TPSA) is 33.1 Å². The molecule has 0 aromatic heterocycles. The summed E-state index contributed by atoms with van der Waals surface area (Å²) < 4.78 is 4.79. The van der Waals surface area contributed by atoms with Crippen LogP contribution in [0.3, 0.4) is 0 Å². The summed E-state index contributed by atoms with van der Waals surface area (Å²) in [6.07, 6.45) is 1.56. The van der Waals surface area contributed by atoms with E-state index in [1.165, 1.54) is 11.1 Å². The predicted octanol–water partition coefficient (Wildman–Crippen LogP) is 2.55. The molecule has 0 aliphatic carbocycles. The first kappa shape index (κ1) is 9.78. The van der Waals surface area contributed by atoms with Crippen molar-refractivity contribution in [2.24, 2.45) is 0 Å². The number of nitrogens with one attached hydrogen (secondary N) is 1. The molecule has 70 valence electrons. The minimum absolute atomic E-state index is 0.349. The van der Waals surface area contributed by atoms with Crippen LogP contribution in [0.2, 0.25) is 0 Å². The van der Waals surface area contributed by atoms with Crippen molar-refractivity contribution in [2.45, 2.75) is 19.8 Å². The molecule has 0 aliphatic heterocycles. The van der Waals surface area contributed by atoms with Crippen molar-refractivity contribution in [3.05, 3.63) is 35.4 Å². The summed E-state index contributed by atoms with van der Waals surface area (Å²) in [5.74, 6) is 0.349. The van der Waals surface area contributed by atoms with Gasteiger partial charge in [0.05, 0.1) is 7.11 Å². The lowest BCUT2D eigenvalue weighted by molar-refractivity contribution is 0.386. The van der Waals surface area contributed by atoms with Gasteiger partial charge in [-0.1, -0.05) is 29.8 Å². The molecule has 0 saturated carbocycles. The van der Waals surface area contributed by atoms with Crippen molar-refractivity contribution in [3.8, 4) is 0 Å². The van der Waals surface area contributed by atoms with Crippen molar-refractivity contribution in [1.82, 2.24) is 0 Å². The number of aryl methyl sites for hydroxylation is 2. The second kappa shape index (κ2) is 4.65. The van der Waals surface area contributed by atoms with Crippen LogP contribution in [0, 0.1) is 12.3 Å². The maximum atomic E-state index is 7.32. The van der Waals surface area contributed by atoms with Crippen LogP contribution in [-0.4, -0.2) is 13.0 Å². The minimum atomic E-state index is 0.349. The molecule has 0 fully saturated rings. The Hall–Kier alpha value is -1.31. The molecular formula is C11H15NO. The van der Waals surface area contributed by atoms with Gasteiger partial charge in [0.1, 0.15) is 0 Å². The summed E-state index contributed by atoms with van der Waals surface area (Å²) in [4.78, 5) is 0. The molecule has 1 rings (SSSR count). The van der Waals surface area contributed by atoms with Crippen molar-refractivity contribution in [1.29, 1.82) is 5.41 Å². The number of hydrogen-bond donors (Lipinski definition) is 1. The Morgan fingerprint density at radius 2 is 2.23 bits per heavy atom. The zero-order valence-corrected chi connectivity index (χ0v) is 8.13. The first-order chi connectivity index (χ1) is 6.22. The highest BCUT2D eigenvalue weighted by molar-refractivity contribution is 5.72. The highest BCUT2D eigenvalue weighted by Crippen LogP contribution is 2.06.